The zero-order chi connectivity index (χ0) is 20.6. The topological polar surface area (TPSA) is 70.2 Å². The maximum Gasteiger partial charge on any atom is 0.257 e. The summed E-state index contributed by atoms with van der Waals surface area (Å²) in [5.41, 5.74) is -0.394. The third kappa shape index (κ3) is 3.81. The summed E-state index contributed by atoms with van der Waals surface area (Å²) in [7, 11) is -1.73. The molecule has 160 valence electrons. The molecule has 0 bridgehead atoms. The molecule has 0 aromatic heterocycles. The number of ether oxygens (including phenoxy) is 1. The van der Waals surface area contributed by atoms with Crippen molar-refractivity contribution in [1.82, 2.24) is 14.1 Å². The molecule has 29 heavy (non-hydrogen) atoms. The number of carbonyl (C=O) groups is 1. The summed E-state index contributed by atoms with van der Waals surface area (Å²) in [5.74, 6) is -1.07. The van der Waals surface area contributed by atoms with Crippen LogP contribution in [0.4, 0.5) is 4.39 Å². The van der Waals surface area contributed by atoms with Gasteiger partial charge >= 0.3 is 0 Å². The maximum atomic E-state index is 14.6. The lowest BCUT2D eigenvalue weighted by molar-refractivity contribution is 0.0404. The summed E-state index contributed by atoms with van der Waals surface area (Å²) in [5, 5.41) is 0. The van der Waals surface area contributed by atoms with E-state index in [4.69, 9.17) is 4.74 Å². The van der Waals surface area contributed by atoms with Gasteiger partial charge in [0.15, 0.2) is 0 Å². The van der Waals surface area contributed by atoms with Gasteiger partial charge in [-0.3, -0.25) is 4.79 Å². The average Bonchev–Trinajstić information content (AvgIpc) is 3.14. The van der Waals surface area contributed by atoms with E-state index < -0.39 is 21.7 Å². The Morgan fingerprint density at radius 2 is 1.76 bits per heavy atom. The van der Waals surface area contributed by atoms with E-state index in [9.17, 15) is 17.6 Å². The molecule has 1 aromatic rings. The fraction of sp³-hybridized carbons (Fsp3) is 0.650. The second kappa shape index (κ2) is 7.94. The standard InChI is InChI=1S/C20H28FN3O4S/c1-22-9-6-20(7-10-22)5-2-8-24(20)19(25)17-15-16(3-4-18(17)21)29(26,27)23-11-13-28-14-12-23/h3-4,15H,2,5-14H2,1H3. The first-order valence-corrected chi connectivity index (χ1v) is 11.7. The van der Waals surface area contributed by atoms with Crippen LogP contribution in [0.25, 0.3) is 0 Å². The van der Waals surface area contributed by atoms with E-state index in [0.717, 1.165) is 44.8 Å². The highest BCUT2D eigenvalue weighted by Gasteiger charge is 2.45. The third-order valence-corrected chi connectivity index (χ3v) is 8.43. The summed E-state index contributed by atoms with van der Waals surface area (Å²) in [4.78, 5) is 17.3. The Morgan fingerprint density at radius 3 is 2.45 bits per heavy atom. The van der Waals surface area contributed by atoms with Crippen LogP contribution in [0.5, 0.6) is 0 Å². The molecule has 3 heterocycles. The molecule has 3 saturated heterocycles. The van der Waals surface area contributed by atoms with Gasteiger partial charge in [-0.1, -0.05) is 0 Å². The first kappa shape index (κ1) is 20.7. The molecule has 1 amide bonds. The van der Waals surface area contributed by atoms with Crippen molar-refractivity contribution in [2.75, 3.05) is 53.0 Å². The minimum Gasteiger partial charge on any atom is -0.379 e. The molecule has 0 aliphatic carbocycles. The van der Waals surface area contributed by atoms with Crippen molar-refractivity contribution >= 4 is 15.9 Å². The van der Waals surface area contributed by atoms with Crippen LogP contribution in [-0.2, 0) is 14.8 Å². The smallest absolute Gasteiger partial charge is 0.257 e. The van der Waals surface area contributed by atoms with Crippen molar-refractivity contribution in [3.63, 3.8) is 0 Å². The number of hydrogen-bond acceptors (Lipinski definition) is 5. The van der Waals surface area contributed by atoms with Crippen LogP contribution in [0.3, 0.4) is 0 Å². The van der Waals surface area contributed by atoms with Crippen LogP contribution in [0.2, 0.25) is 0 Å². The predicted octanol–water partition coefficient (Wildman–Crippen LogP) is 1.55. The number of hydrogen-bond donors (Lipinski definition) is 0. The van der Waals surface area contributed by atoms with Gasteiger partial charge in [0.05, 0.1) is 23.7 Å². The Hall–Kier alpha value is -1.55. The fourth-order valence-corrected chi connectivity index (χ4v) is 6.15. The first-order valence-electron chi connectivity index (χ1n) is 10.2. The van der Waals surface area contributed by atoms with Gasteiger partial charge in [0.2, 0.25) is 10.0 Å². The van der Waals surface area contributed by atoms with Gasteiger partial charge in [0.1, 0.15) is 5.82 Å². The Labute approximate surface area is 171 Å². The van der Waals surface area contributed by atoms with Crippen LogP contribution in [-0.4, -0.2) is 87.0 Å². The van der Waals surface area contributed by atoms with Gasteiger partial charge in [0.25, 0.3) is 5.91 Å². The van der Waals surface area contributed by atoms with Crippen LogP contribution in [0.15, 0.2) is 23.1 Å². The number of sulfonamides is 1. The predicted molar refractivity (Wildman–Crippen MR) is 106 cm³/mol. The maximum absolute atomic E-state index is 14.6. The molecule has 9 heteroatoms. The van der Waals surface area contributed by atoms with Gasteiger partial charge in [0, 0.05) is 38.3 Å². The van der Waals surface area contributed by atoms with Crippen LogP contribution >= 0.6 is 0 Å². The second-order valence-electron chi connectivity index (χ2n) is 8.25. The lowest BCUT2D eigenvalue weighted by Crippen LogP contribution is -2.53. The summed E-state index contributed by atoms with van der Waals surface area (Å²) in [6.07, 6.45) is 3.54. The number of halogens is 1. The minimum absolute atomic E-state index is 0.0409. The second-order valence-corrected chi connectivity index (χ2v) is 10.2. The van der Waals surface area contributed by atoms with E-state index in [2.05, 4.69) is 11.9 Å². The average molecular weight is 426 g/mol. The Bertz CT molecular complexity index is 878. The molecule has 0 unspecified atom stereocenters. The van der Waals surface area contributed by atoms with Crippen molar-refractivity contribution < 1.29 is 22.3 Å². The summed E-state index contributed by atoms with van der Waals surface area (Å²) < 4.78 is 47.1. The van der Waals surface area contributed by atoms with Gasteiger partial charge in [-0.15, -0.1) is 0 Å². The number of benzene rings is 1. The van der Waals surface area contributed by atoms with E-state index in [0.29, 0.717) is 19.8 Å². The zero-order valence-corrected chi connectivity index (χ0v) is 17.6. The van der Waals surface area contributed by atoms with E-state index in [1.807, 2.05) is 0 Å². The van der Waals surface area contributed by atoms with Crippen molar-refractivity contribution in [1.29, 1.82) is 0 Å². The summed E-state index contributed by atoms with van der Waals surface area (Å²) in [6, 6.07) is 3.55. The molecule has 3 fully saturated rings. The lowest BCUT2D eigenvalue weighted by atomic mass is 9.85. The monoisotopic (exact) mass is 425 g/mol. The van der Waals surface area contributed by atoms with Gasteiger partial charge in [-0.25, -0.2) is 12.8 Å². The molecular formula is C20H28FN3O4S. The number of rotatable bonds is 3. The van der Waals surface area contributed by atoms with Crippen molar-refractivity contribution in [2.45, 2.75) is 36.1 Å². The highest BCUT2D eigenvalue weighted by Crippen LogP contribution is 2.39. The van der Waals surface area contributed by atoms with Crippen LogP contribution in [0, 0.1) is 5.82 Å². The Morgan fingerprint density at radius 1 is 1.07 bits per heavy atom. The molecule has 3 aliphatic rings. The fourth-order valence-electron chi connectivity index (χ4n) is 4.72. The van der Waals surface area contributed by atoms with Crippen molar-refractivity contribution in [3.8, 4) is 0 Å². The van der Waals surface area contributed by atoms with Crippen LogP contribution < -0.4 is 0 Å². The van der Waals surface area contributed by atoms with E-state index in [1.54, 1.807) is 4.90 Å². The van der Waals surface area contributed by atoms with E-state index >= 15 is 0 Å². The number of amides is 1. The quantitative estimate of drug-likeness (QED) is 0.735. The molecule has 0 saturated carbocycles. The summed E-state index contributed by atoms with van der Waals surface area (Å²) in [6.45, 7) is 3.56. The largest absolute Gasteiger partial charge is 0.379 e. The molecule has 1 spiro atoms. The lowest BCUT2D eigenvalue weighted by Gasteiger charge is -2.44. The zero-order valence-electron chi connectivity index (χ0n) is 16.8. The molecule has 7 nitrogen and oxygen atoms in total. The normalized spacial score (nSPS) is 23.6. The molecular weight excluding hydrogens is 397 g/mol. The molecule has 0 N–H and O–H groups in total. The molecule has 0 atom stereocenters. The summed E-state index contributed by atoms with van der Waals surface area (Å²) >= 11 is 0. The van der Waals surface area contributed by atoms with E-state index in [1.165, 1.54) is 16.4 Å². The molecule has 3 aliphatic heterocycles. The third-order valence-electron chi connectivity index (χ3n) is 6.54. The number of nitrogens with zero attached hydrogens (tertiary/aromatic N) is 3. The highest BCUT2D eigenvalue weighted by atomic mass is 32.2. The van der Waals surface area contributed by atoms with Gasteiger partial charge in [-0.05, 0) is 50.9 Å². The number of likely N-dealkylation sites (tertiary alicyclic amines) is 2. The minimum atomic E-state index is -3.79. The molecule has 4 rings (SSSR count). The Kier molecular flexibility index (Phi) is 5.67. The molecule has 0 radical (unpaired) electrons. The van der Waals surface area contributed by atoms with Crippen LogP contribution in [0.1, 0.15) is 36.0 Å². The molecule has 1 aromatic carbocycles. The number of carbonyl (C=O) groups excluding carboxylic acids is 1. The van der Waals surface area contributed by atoms with Gasteiger partial charge < -0.3 is 14.5 Å². The van der Waals surface area contributed by atoms with E-state index in [-0.39, 0.29) is 29.1 Å². The first-order chi connectivity index (χ1) is 13.8. The SMILES string of the molecule is CN1CCC2(CCCN2C(=O)c2cc(S(=O)(=O)N3CCOCC3)ccc2F)CC1. The van der Waals surface area contributed by atoms with Crippen molar-refractivity contribution in [3.05, 3.63) is 29.6 Å². The Balaban J connectivity index is 1.63. The number of piperidine rings is 1. The highest BCUT2D eigenvalue weighted by molar-refractivity contribution is 7.89. The number of morpholine rings is 1. The van der Waals surface area contributed by atoms with Gasteiger partial charge in [-0.2, -0.15) is 4.31 Å². The van der Waals surface area contributed by atoms with Crippen molar-refractivity contribution in [2.24, 2.45) is 0 Å².